The Kier molecular flexibility index (Phi) is 8.07. The van der Waals surface area contributed by atoms with Gasteiger partial charge in [-0.2, -0.15) is 5.26 Å². The molecule has 2 saturated heterocycles. The van der Waals surface area contributed by atoms with E-state index in [0.29, 0.717) is 21.9 Å². The van der Waals surface area contributed by atoms with E-state index < -0.39 is 5.91 Å². The van der Waals surface area contributed by atoms with Gasteiger partial charge in [0.2, 0.25) is 5.91 Å². The predicted octanol–water partition coefficient (Wildman–Crippen LogP) is 5.03. The largest absolute Gasteiger partial charge is 0.489 e. The SMILES string of the molecule is CC1(C)C(Oc2ccc(C#N)c(Cl)c2)C(C)(C)C1c1cc(N2CCC(CN3CCNCC3)CC2)ccc1C(N)=O. The van der Waals surface area contributed by atoms with Crippen molar-refractivity contribution >= 4 is 23.2 Å². The number of hydrogen-bond donors (Lipinski definition) is 2. The Morgan fingerprint density at radius 2 is 1.75 bits per heavy atom. The molecule has 0 spiro atoms. The highest BCUT2D eigenvalue weighted by Gasteiger charge is 2.64. The number of nitrogens with zero attached hydrogens (tertiary/aromatic N) is 3. The number of halogens is 1. The lowest BCUT2D eigenvalue weighted by Gasteiger charge is -2.63. The van der Waals surface area contributed by atoms with Gasteiger partial charge in [0.1, 0.15) is 17.9 Å². The van der Waals surface area contributed by atoms with E-state index in [0.717, 1.165) is 56.4 Å². The van der Waals surface area contributed by atoms with Crippen LogP contribution in [0.4, 0.5) is 5.69 Å². The standard InChI is InChI=1S/C32H42ClN5O2/c1-31(2)28(32(3,4)30(31)40-24-7-5-22(19-34)27(33)18-24)26-17-23(6-8-25(26)29(35)39)38-13-9-21(10-14-38)20-37-15-11-36-12-16-37/h5-8,17-18,21,28,30,36H,9-16,20H2,1-4H3,(H2,35,39). The van der Waals surface area contributed by atoms with Crippen LogP contribution in [0.1, 0.15) is 67.9 Å². The van der Waals surface area contributed by atoms with Gasteiger partial charge in [-0.05, 0) is 54.7 Å². The van der Waals surface area contributed by atoms with Crippen molar-refractivity contribution < 1.29 is 9.53 Å². The highest BCUT2D eigenvalue weighted by molar-refractivity contribution is 6.31. The number of hydrogen-bond acceptors (Lipinski definition) is 6. The normalized spacial score (nSPS) is 24.6. The number of carbonyl (C=O) groups excluding carboxylic acids is 1. The van der Waals surface area contributed by atoms with Gasteiger partial charge >= 0.3 is 0 Å². The second-order valence-corrected chi connectivity index (χ2v) is 13.4. The Labute approximate surface area is 243 Å². The molecule has 2 aromatic rings. The van der Waals surface area contributed by atoms with Crippen LogP contribution in [0.15, 0.2) is 36.4 Å². The summed E-state index contributed by atoms with van der Waals surface area (Å²) < 4.78 is 6.51. The van der Waals surface area contributed by atoms with Crippen LogP contribution in [0.2, 0.25) is 5.02 Å². The van der Waals surface area contributed by atoms with Crippen LogP contribution in [0.25, 0.3) is 0 Å². The summed E-state index contributed by atoms with van der Waals surface area (Å²) in [6, 6.07) is 13.5. The summed E-state index contributed by atoms with van der Waals surface area (Å²) in [7, 11) is 0. The zero-order valence-electron chi connectivity index (χ0n) is 24.2. The Morgan fingerprint density at radius 3 is 2.35 bits per heavy atom. The van der Waals surface area contributed by atoms with Gasteiger partial charge < -0.3 is 25.6 Å². The number of amides is 1. The topological polar surface area (TPSA) is 94.6 Å². The van der Waals surface area contributed by atoms with E-state index in [1.165, 1.54) is 19.4 Å². The first-order valence-corrected chi connectivity index (χ1v) is 14.9. The molecule has 3 aliphatic rings. The molecule has 1 saturated carbocycles. The first-order valence-electron chi connectivity index (χ1n) is 14.5. The minimum absolute atomic E-state index is 0.0616. The number of nitriles is 1. The van der Waals surface area contributed by atoms with E-state index in [1.54, 1.807) is 18.2 Å². The van der Waals surface area contributed by atoms with Gasteiger partial charge in [0.15, 0.2) is 0 Å². The van der Waals surface area contributed by atoms with E-state index in [1.807, 2.05) is 6.07 Å². The number of primary amides is 1. The molecule has 3 fully saturated rings. The van der Waals surface area contributed by atoms with Crippen molar-refractivity contribution in [2.75, 3.05) is 50.7 Å². The van der Waals surface area contributed by atoms with Crippen LogP contribution < -0.4 is 20.7 Å². The van der Waals surface area contributed by atoms with Crippen molar-refractivity contribution in [3.8, 4) is 11.8 Å². The van der Waals surface area contributed by atoms with Crippen LogP contribution >= 0.6 is 11.6 Å². The molecule has 214 valence electrons. The summed E-state index contributed by atoms with van der Waals surface area (Å²) in [6.45, 7) is 16.5. The van der Waals surface area contributed by atoms with E-state index in [9.17, 15) is 10.1 Å². The molecule has 0 bridgehead atoms. The van der Waals surface area contributed by atoms with Crippen molar-refractivity contribution in [2.45, 2.75) is 52.6 Å². The zero-order chi connectivity index (χ0) is 28.7. The molecule has 7 nitrogen and oxygen atoms in total. The molecule has 2 aromatic carbocycles. The third kappa shape index (κ3) is 5.42. The fourth-order valence-electron chi connectivity index (χ4n) is 7.87. The summed E-state index contributed by atoms with van der Waals surface area (Å²) >= 11 is 6.28. The van der Waals surface area contributed by atoms with Gasteiger partial charge in [0.05, 0.1) is 10.6 Å². The third-order valence-electron chi connectivity index (χ3n) is 9.47. The first-order chi connectivity index (χ1) is 19.0. The molecule has 0 radical (unpaired) electrons. The Balaban J connectivity index is 1.34. The van der Waals surface area contributed by atoms with E-state index in [4.69, 9.17) is 22.1 Å². The molecule has 2 aliphatic heterocycles. The number of piperidine rings is 1. The number of nitrogens with two attached hydrogens (primary N) is 1. The van der Waals surface area contributed by atoms with Crippen molar-refractivity contribution in [3.63, 3.8) is 0 Å². The van der Waals surface area contributed by atoms with Crippen molar-refractivity contribution in [2.24, 2.45) is 22.5 Å². The fourth-order valence-corrected chi connectivity index (χ4v) is 8.08. The second kappa shape index (κ2) is 11.2. The summed E-state index contributed by atoms with van der Waals surface area (Å²) in [5.41, 5.74) is 8.54. The predicted molar refractivity (Wildman–Crippen MR) is 160 cm³/mol. The number of piperazine rings is 1. The van der Waals surface area contributed by atoms with Crippen LogP contribution in [-0.4, -0.2) is 62.7 Å². The van der Waals surface area contributed by atoms with Gasteiger partial charge in [-0.25, -0.2) is 0 Å². The van der Waals surface area contributed by atoms with Crippen LogP contribution in [-0.2, 0) is 0 Å². The number of carbonyl (C=O) groups is 1. The fraction of sp³-hybridized carbons (Fsp3) is 0.562. The maximum Gasteiger partial charge on any atom is 0.248 e. The Hall–Kier alpha value is -2.79. The molecular formula is C32H42ClN5O2. The number of nitrogens with one attached hydrogen (secondary N) is 1. The maximum atomic E-state index is 12.6. The van der Waals surface area contributed by atoms with E-state index in [2.05, 4.69) is 61.0 Å². The van der Waals surface area contributed by atoms with Gasteiger partial charge in [-0.15, -0.1) is 0 Å². The van der Waals surface area contributed by atoms with Crippen molar-refractivity contribution in [1.29, 1.82) is 5.26 Å². The average molecular weight is 564 g/mol. The summed E-state index contributed by atoms with van der Waals surface area (Å²) in [4.78, 5) is 17.7. The highest BCUT2D eigenvalue weighted by Crippen LogP contribution is 2.65. The molecule has 1 aliphatic carbocycles. The third-order valence-corrected chi connectivity index (χ3v) is 9.78. The van der Waals surface area contributed by atoms with Gasteiger partial charge in [-0.3, -0.25) is 4.79 Å². The summed E-state index contributed by atoms with van der Waals surface area (Å²) in [6.07, 6.45) is 2.24. The Bertz CT molecular complexity index is 1270. The number of rotatable bonds is 7. The molecule has 40 heavy (non-hydrogen) atoms. The molecular weight excluding hydrogens is 522 g/mol. The summed E-state index contributed by atoms with van der Waals surface area (Å²) in [5.74, 6) is 1.04. The van der Waals surface area contributed by atoms with Gasteiger partial charge in [-0.1, -0.05) is 39.3 Å². The summed E-state index contributed by atoms with van der Waals surface area (Å²) in [5, 5.41) is 13.0. The van der Waals surface area contributed by atoms with Crippen LogP contribution in [0, 0.1) is 28.1 Å². The molecule has 2 heterocycles. The lowest BCUT2D eigenvalue weighted by atomic mass is 9.43. The van der Waals surface area contributed by atoms with Crippen LogP contribution in [0.3, 0.4) is 0 Å². The van der Waals surface area contributed by atoms with Gasteiger partial charge in [0.25, 0.3) is 0 Å². The molecule has 0 aromatic heterocycles. The quantitative estimate of drug-likeness (QED) is 0.491. The van der Waals surface area contributed by atoms with Crippen LogP contribution in [0.5, 0.6) is 5.75 Å². The average Bonchev–Trinajstić information content (AvgIpc) is 2.92. The minimum atomic E-state index is -0.397. The lowest BCUT2D eigenvalue weighted by Crippen LogP contribution is -2.64. The maximum absolute atomic E-state index is 12.6. The number of anilines is 1. The molecule has 8 heteroatoms. The molecule has 1 amide bonds. The van der Waals surface area contributed by atoms with Crippen molar-refractivity contribution in [3.05, 3.63) is 58.1 Å². The van der Waals surface area contributed by atoms with Gasteiger partial charge in [0, 0.05) is 79.9 Å². The molecule has 0 atom stereocenters. The smallest absolute Gasteiger partial charge is 0.248 e. The highest BCUT2D eigenvalue weighted by atomic mass is 35.5. The second-order valence-electron chi connectivity index (χ2n) is 12.9. The number of benzene rings is 2. The lowest BCUT2D eigenvalue weighted by molar-refractivity contribution is -0.160. The molecule has 5 rings (SSSR count). The Morgan fingerprint density at radius 1 is 1.07 bits per heavy atom. The molecule has 0 unspecified atom stereocenters. The van der Waals surface area contributed by atoms with Crippen molar-refractivity contribution in [1.82, 2.24) is 10.2 Å². The van der Waals surface area contributed by atoms with E-state index >= 15 is 0 Å². The monoisotopic (exact) mass is 563 g/mol. The molecule has 3 N–H and O–H groups in total. The van der Waals surface area contributed by atoms with E-state index in [-0.39, 0.29) is 22.9 Å². The first kappa shape index (κ1) is 28.7. The number of ether oxygens (including phenoxy) is 1. The minimum Gasteiger partial charge on any atom is -0.489 e. The zero-order valence-corrected chi connectivity index (χ0v) is 24.9.